The number of nitrogens with one attached hydrogen (secondary N) is 2. The zero-order chi connectivity index (χ0) is 18.4. The lowest BCUT2D eigenvalue weighted by atomic mass is 10.2. The van der Waals surface area contributed by atoms with Crippen LogP contribution in [0.25, 0.3) is 0 Å². The second kappa shape index (κ2) is 8.31. The van der Waals surface area contributed by atoms with Gasteiger partial charge in [0.2, 0.25) is 0 Å². The molecule has 1 aromatic heterocycles. The quantitative estimate of drug-likeness (QED) is 0.686. The molecule has 132 valence electrons. The SMILES string of the molecule is Cc1ccc(NC(=O)Nc2nccnc2OCc2ccc(Cl)cc2)cc1. The van der Waals surface area contributed by atoms with Crippen molar-refractivity contribution in [1.29, 1.82) is 0 Å². The summed E-state index contributed by atoms with van der Waals surface area (Å²) in [7, 11) is 0. The van der Waals surface area contributed by atoms with Gasteiger partial charge in [0, 0.05) is 23.1 Å². The third-order valence-corrected chi connectivity index (χ3v) is 3.75. The first-order chi connectivity index (χ1) is 12.6. The number of amides is 2. The molecule has 3 aromatic rings. The van der Waals surface area contributed by atoms with Crippen molar-refractivity contribution in [2.24, 2.45) is 0 Å². The maximum absolute atomic E-state index is 12.2. The summed E-state index contributed by atoms with van der Waals surface area (Å²) in [5.74, 6) is 0.479. The Bertz CT molecular complexity index is 883. The zero-order valence-electron chi connectivity index (χ0n) is 14.1. The van der Waals surface area contributed by atoms with Crippen molar-refractivity contribution in [2.75, 3.05) is 10.6 Å². The number of ether oxygens (including phenoxy) is 1. The van der Waals surface area contributed by atoms with E-state index in [2.05, 4.69) is 20.6 Å². The first-order valence-electron chi connectivity index (χ1n) is 7.93. The first kappa shape index (κ1) is 17.7. The Morgan fingerprint density at radius 1 is 1.00 bits per heavy atom. The third kappa shape index (κ3) is 4.94. The highest BCUT2D eigenvalue weighted by atomic mass is 35.5. The number of hydrogen-bond acceptors (Lipinski definition) is 4. The van der Waals surface area contributed by atoms with Gasteiger partial charge < -0.3 is 10.1 Å². The van der Waals surface area contributed by atoms with E-state index < -0.39 is 6.03 Å². The third-order valence-electron chi connectivity index (χ3n) is 3.49. The standard InChI is InChI=1S/C19H17ClN4O2/c1-13-2-8-16(9-3-13)23-19(25)24-17-18(22-11-10-21-17)26-12-14-4-6-15(20)7-5-14/h2-11H,12H2,1H3,(H2,21,23,24,25). The average molecular weight is 369 g/mol. The molecule has 0 bridgehead atoms. The van der Waals surface area contributed by atoms with Crippen LogP contribution >= 0.6 is 11.6 Å². The van der Waals surface area contributed by atoms with Gasteiger partial charge in [-0.3, -0.25) is 5.32 Å². The predicted octanol–water partition coefficient (Wildman–Crippen LogP) is 4.66. The van der Waals surface area contributed by atoms with E-state index in [4.69, 9.17) is 16.3 Å². The van der Waals surface area contributed by atoms with Crippen molar-refractivity contribution >= 4 is 29.1 Å². The van der Waals surface area contributed by atoms with Crippen LogP contribution in [0.2, 0.25) is 5.02 Å². The molecule has 6 nitrogen and oxygen atoms in total. The number of hydrogen-bond donors (Lipinski definition) is 2. The molecule has 0 unspecified atom stereocenters. The highest BCUT2D eigenvalue weighted by molar-refractivity contribution is 6.30. The molecule has 0 aliphatic carbocycles. The van der Waals surface area contributed by atoms with Gasteiger partial charge in [0.1, 0.15) is 6.61 Å². The van der Waals surface area contributed by atoms with E-state index in [-0.39, 0.29) is 18.3 Å². The van der Waals surface area contributed by atoms with Gasteiger partial charge in [-0.1, -0.05) is 41.4 Å². The fourth-order valence-electron chi connectivity index (χ4n) is 2.16. The van der Waals surface area contributed by atoms with E-state index in [0.29, 0.717) is 10.7 Å². The Labute approximate surface area is 156 Å². The monoisotopic (exact) mass is 368 g/mol. The highest BCUT2D eigenvalue weighted by Crippen LogP contribution is 2.20. The first-order valence-corrected chi connectivity index (χ1v) is 8.31. The number of aromatic nitrogens is 2. The number of urea groups is 1. The van der Waals surface area contributed by atoms with E-state index in [9.17, 15) is 4.79 Å². The molecule has 0 aliphatic rings. The van der Waals surface area contributed by atoms with Gasteiger partial charge in [0.05, 0.1) is 0 Å². The summed E-state index contributed by atoms with van der Waals surface area (Å²) in [6.45, 7) is 2.26. The average Bonchev–Trinajstić information content (AvgIpc) is 2.64. The Balaban J connectivity index is 1.63. The van der Waals surface area contributed by atoms with Crippen molar-refractivity contribution in [3.05, 3.63) is 77.1 Å². The van der Waals surface area contributed by atoms with Gasteiger partial charge in [-0.2, -0.15) is 0 Å². The second-order valence-electron chi connectivity index (χ2n) is 5.57. The van der Waals surface area contributed by atoms with Gasteiger partial charge in [-0.05, 0) is 36.8 Å². The lowest BCUT2D eigenvalue weighted by Gasteiger charge is -2.11. The minimum absolute atomic E-state index is 0.238. The number of carbonyl (C=O) groups excluding carboxylic acids is 1. The molecular weight excluding hydrogens is 352 g/mol. The van der Waals surface area contributed by atoms with Crippen LogP contribution in [-0.4, -0.2) is 16.0 Å². The Morgan fingerprint density at radius 3 is 2.42 bits per heavy atom. The summed E-state index contributed by atoms with van der Waals surface area (Å²) >= 11 is 5.87. The molecule has 0 spiro atoms. The van der Waals surface area contributed by atoms with Gasteiger partial charge >= 0.3 is 6.03 Å². The van der Waals surface area contributed by atoms with Crippen LogP contribution in [0.1, 0.15) is 11.1 Å². The molecule has 3 rings (SSSR count). The topological polar surface area (TPSA) is 76.1 Å². The summed E-state index contributed by atoms with van der Waals surface area (Å²) in [5.41, 5.74) is 2.72. The lowest BCUT2D eigenvalue weighted by molar-refractivity contribution is 0.261. The number of carbonyl (C=O) groups is 1. The summed E-state index contributed by atoms with van der Waals surface area (Å²) in [4.78, 5) is 20.4. The van der Waals surface area contributed by atoms with E-state index in [1.54, 1.807) is 12.1 Å². The summed E-state index contributed by atoms with van der Waals surface area (Å²) in [5, 5.41) is 6.04. The summed E-state index contributed by atoms with van der Waals surface area (Å²) in [6.07, 6.45) is 2.98. The highest BCUT2D eigenvalue weighted by Gasteiger charge is 2.11. The molecule has 0 fully saturated rings. The number of aryl methyl sites for hydroxylation is 1. The predicted molar refractivity (Wildman–Crippen MR) is 102 cm³/mol. The molecule has 0 saturated heterocycles. The zero-order valence-corrected chi connectivity index (χ0v) is 14.8. The number of rotatable bonds is 5. The summed E-state index contributed by atoms with van der Waals surface area (Å²) in [6, 6.07) is 14.3. The number of nitrogens with zero attached hydrogens (tertiary/aromatic N) is 2. The van der Waals surface area contributed by atoms with E-state index >= 15 is 0 Å². The normalized spacial score (nSPS) is 10.2. The van der Waals surface area contributed by atoms with Crippen LogP contribution in [-0.2, 0) is 6.61 Å². The molecular formula is C19H17ClN4O2. The molecule has 0 saturated carbocycles. The minimum atomic E-state index is -0.425. The Hall–Kier alpha value is -3.12. The minimum Gasteiger partial charge on any atom is -0.470 e. The van der Waals surface area contributed by atoms with Crippen LogP contribution in [0.15, 0.2) is 60.9 Å². The second-order valence-corrected chi connectivity index (χ2v) is 6.01. The molecule has 2 amide bonds. The largest absolute Gasteiger partial charge is 0.470 e. The molecule has 2 aromatic carbocycles. The number of halogens is 1. The van der Waals surface area contributed by atoms with Crippen LogP contribution in [0.4, 0.5) is 16.3 Å². The lowest BCUT2D eigenvalue weighted by Crippen LogP contribution is -2.21. The van der Waals surface area contributed by atoms with E-state index in [0.717, 1.165) is 11.1 Å². The Kier molecular flexibility index (Phi) is 5.66. The molecule has 0 radical (unpaired) electrons. The van der Waals surface area contributed by atoms with Crippen molar-refractivity contribution < 1.29 is 9.53 Å². The molecule has 26 heavy (non-hydrogen) atoms. The molecule has 0 atom stereocenters. The van der Waals surface area contributed by atoms with E-state index in [1.165, 1.54) is 12.4 Å². The van der Waals surface area contributed by atoms with Crippen molar-refractivity contribution in [3.63, 3.8) is 0 Å². The molecule has 2 N–H and O–H groups in total. The summed E-state index contributed by atoms with van der Waals surface area (Å²) < 4.78 is 5.67. The van der Waals surface area contributed by atoms with Crippen LogP contribution in [0, 0.1) is 6.92 Å². The maximum atomic E-state index is 12.2. The van der Waals surface area contributed by atoms with Crippen LogP contribution in [0.5, 0.6) is 5.88 Å². The smallest absolute Gasteiger partial charge is 0.324 e. The van der Waals surface area contributed by atoms with Crippen molar-refractivity contribution in [1.82, 2.24) is 9.97 Å². The van der Waals surface area contributed by atoms with Gasteiger partial charge in [-0.25, -0.2) is 14.8 Å². The number of benzene rings is 2. The maximum Gasteiger partial charge on any atom is 0.324 e. The van der Waals surface area contributed by atoms with E-state index in [1.807, 2.05) is 43.3 Å². The van der Waals surface area contributed by atoms with Gasteiger partial charge in [0.15, 0.2) is 5.82 Å². The Morgan fingerprint density at radius 2 is 1.69 bits per heavy atom. The molecule has 7 heteroatoms. The molecule has 1 heterocycles. The van der Waals surface area contributed by atoms with Gasteiger partial charge in [-0.15, -0.1) is 0 Å². The van der Waals surface area contributed by atoms with Crippen LogP contribution in [0.3, 0.4) is 0 Å². The van der Waals surface area contributed by atoms with Gasteiger partial charge in [0.25, 0.3) is 5.88 Å². The molecule has 0 aliphatic heterocycles. The fourth-order valence-corrected chi connectivity index (χ4v) is 2.28. The van der Waals surface area contributed by atoms with Crippen molar-refractivity contribution in [3.8, 4) is 5.88 Å². The van der Waals surface area contributed by atoms with Crippen LogP contribution < -0.4 is 15.4 Å². The number of anilines is 2. The van der Waals surface area contributed by atoms with Crippen molar-refractivity contribution in [2.45, 2.75) is 13.5 Å². The fraction of sp³-hybridized carbons (Fsp3) is 0.105.